The van der Waals surface area contributed by atoms with Crippen LogP contribution in [-0.2, 0) is 16.1 Å². The van der Waals surface area contributed by atoms with Gasteiger partial charge in [0, 0.05) is 20.1 Å². The zero-order valence-corrected chi connectivity index (χ0v) is 12.0. The molecular formula is C15H22N2O3. The van der Waals surface area contributed by atoms with E-state index in [4.69, 9.17) is 15.2 Å². The maximum absolute atomic E-state index is 12.3. The van der Waals surface area contributed by atoms with Crippen LogP contribution in [0.1, 0.15) is 18.4 Å². The van der Waals surface area contributed by atoms with Crippen molar-refractivity contribution < 1.29 is 14.3 Å². The lowest BCUT2D eigenvalue weighted by Crippen LogP contribution is -2.36. The van der Waals surface area contributed by atoms with Crippen molar-refractivity contribution in [1.29, 1.82) is 0 Å². The average Bonchev–Trinajstić information content (AvgIpc) is 2.95. The Bertz CT molecular complexity index is 464. The molecular weight excluding hydrogens is 256 g/mol. The number of hydrogen-bond donors (Lipinski definition) is 1. The lowest BCUT2D eigenvalue weighted by atomic mass is 10.1. The predicted molar refractivity (Wildman–Crippen MR) is 76.4 cm³/mol. The van der Waals surface area contributed by atoms with E-state index in [2.05, 4.69) is 0 Å². The molecule has 0 aliphatic carbocycles. The quantitative estimate of drug-likeness (QED) is 0.878. The maximum atomic E-state index is 12.3. The third-order valence-electron chi connectivity index (χ3n) is 3.58. The van der Waals surface area contributed by atoms with Gasteiger partial charge < -0.3 is 20.1 Å². The molecule has 20 heavy (non-hydrogen) atoms. The predicted octanol–water partition coefficient (Wildman–Crippen LogP) is 1.16. The van der Waals surface area contributed by atoms with Crippen LogP contribution in [0.3, 0.4) is 0 Å². The summed E-state index contributed by atoms with van der Waals surface area (Å²) in [5.41, 5.74) is 6.60. The van der Waals surface area contributed by atoms with Crippen molar-refractivity contribution in [3.63, 3.8) is 0 Å². The van der Waals surface area contributed by atoms with Gasteiger partial charge in [-0.1, -0.05) is 12.1 Å². The number of carbonyl (C=O) groups excluding carboxylic acids is 1. The summed E-state index contributed by atoms with van der Waals surface area (Å²) in [6, 6.07) is 7.71. The molecule has 110 valence electrons. The number of amides is 1. The molecule has 0 aromatic heterocycles. The number of carbonyl (C=O) groups is 1. The standard InChI is InChI=1S/C15H22N2O3/c1-17(10-11-4-3-5-12(8-11)19-2)15(18)14-7-6-13(9-16)20-14/h3-5,8,13-14H,6-7,9-10,16H2,1-2H3. The Morgan fingerprint density at radius 2 is 2.30 bits per heavy atom. The van der Waals surface area contributed by atoms with Crippen molar-refractivity contribution in [2.24, 2.45) is 5.73 Å². The molecule has 2 rings (SSSR count). The number of likely N-dealkylation sites (N-methyl/N-ethyl adjacent to an activating group) is 1. The zero-order valence-electron chi connectivity index (χ0n) is 12.0. The first-order valence-electron chi connectivity index (χ1n) is 6.87. The van der Waals surface area contributed by atoms with E-state index in [1.807, 2.05) is 24.3 Å². The first-order valence-corrected chi connectivity index (χ1v) is 6.87. The van der Waals surface area contributed by atoms with Crippen LogP contribution in [0.15, 0.2) is 24.3 Å². The summed E-state index contributed by atoms with van der Waals surface area (Å²) in [7, 11) is 3.42. The Morgan fingerprint density at radius 1 is 1.50 bits per heavy atom. The van der Waals surface area contributed by atoms with Crippen molar-refractivity contribution in [2.45, 2.75) is 31.6 Å². The number of hydrogen-bond acceptors (Lipinski definition) is 4. The van der Waals surface area contributed by atoms with E-state index in [0.29, 0.717) is 13.1 Å². The second-order valence-corrected chi connectivity index (χ2v) is 5.11. The van der Waals surface area contributed by atoms with Crippen molar-refractivity contribution in [3.05, 3.63) is 29.8 Å². The lowest BCUT2D eigenvalue weighted by molar-refractivity contribution is -0.141. The van der Waals surface area contributed by atoms with E-state index in [1.54, 1.807) is 19.1 Å². The number of nitrogens with zero attached hydrogens (tertiary/aromatic N) is 1. The summed E-state index contributed by atoms with van der Waals surface area (Å²) in [6.07, 6.45) is 1.29. The molecule has 1 saturated heterocycles. The van der Waals surface area contributed by atoms with Gasteiger partial charge in [-0.25, -0.2) is 0 Å². The van der Waals surface area contributed by atoms with Crippen LogP contribution in [-0.4, -0.2) is 43.7 Å². The van der Waals surface area contributed by atoms with E-state index in [9.17, 15) is 4.79 Å². The van der Waals surface area contributed by atoms with E-state index >= 15 is 0 Å². The summed E-state index contributed by atoms with van der Waals surface area (Å²) in [5, 5.41) is 0. The van der Waals surface area contributed by atoms with Gasteiger partial charge in [0.25, 0.3) is 5.91 Å². The third kappa shape index (κ3) is 3.49. The second-order valence-electron chi connectivity index (χ2n) is 5.11. The highest BCUT2D eigenvalue weighted by atomic mass is 16.5. The highest BCUT2D eigenvalue weighted by Crippen LogP contribution is 2.21. The van der Waals surface area contributed by atoms with Crippen molar-refractivity contribution in [3.8, 4) is 5.75 Å². The number of ether oxygens (including phenoxy) is 2. The lowest BCUT2D eigenvalue weighted by Gasteiger charge is -2.21. The molecule has 1 aliphatic rings. The summed E-state index contributed by atoms with van der Waals surface area (Å²) in [6.45, 7) is 1.02. The average molecular weight is 278 g/mol. The summed E-state index contributed by atoms with van der Waals surface area (Å²) >= 11 is 0. The molecule has 2 N–H and O–H groups in total. The first kappa shape index (κ1) is 14.8. The molecule has 0 spiro atoms. The molecule has 5 nitrogen and oxygen atoms in total. The molecule has 1 heterocycles. The first-order chi connectivity index (χ1) is 9.63. The van der Waals surface area contributed by atoms with E-state index < -0.39 is 0 Å². The van der Waals surface area contributed by atoms with Crippen LogP contribution in [0.2, 0.25) is 0 Å². The van der Waals surface area contributed by atoms with E-state index in [-0.39, 0.29) is 18.1 Å². The van der Waals surface area contributed by atoms with Crippen LogP contribution < -0.4 is 10.5 Å². The van der Waals surface area contributed by atoms with Crippen LogP contribution in [0.4, 0.5) is 0 Å². The normalized spacial score (nSPS) is 21.8. The summed E-state index contributed by atoms with van der Waals surface area (Å²) in [4.78, 5) is 14.0. The molecule has 2 unspecified atom stereocenters. The van der Waals surface area contributed by atoms with Crippen molar-refractivity contribution in [1.82, 2.24) is 4.90 Å². The Kier molecular flexibility index (Phi) is 4.98. The Labute approximate surface area is 119 Å². The smallest absolute Gasteiger partial charge is 0.251 e. The minimum Gasteiger partial charge on any atom is -0.497 e. The van der Waals surface area contributed by atoms with Crippen LogP contribution in [0.5, 0.6) is 5.75 Å². The van der Waals surface area contributed by atoms with Gasteiger partial charge in [0.1, 0.15) is 11.9 Å². The molecule has 1 aliphatic heterocycles. The van der Waals surface area contributed by atoms with Gasteiger partial charge in [-0.3, -0.25) is 4.79 Å². The molecule has 5 heteroatoms. The summed E-state index contributed by atoms with van der Waals surface area (Å²) in [5.74, 6) is 0.812. The van der Waals surface area contributed by atoms with E-state index in [1.165, 1.54) is 0 Å². The van der Waals surface area contributed by atoms with Gasteiger partial charge in [0.2, 0.25) is 0 Å². The SMILES string of the molecule is COc1cccc(CN(C)C(=O)C2CCC(CN)O2)c1. The molecule has 0 bridgehead atoms. The van der Waals surface area contributed by atoms with Gasteiger partial charge in [0.15, 0.2) is 0 Å². The topological polar surface area (TPSA) is 64.8 Å². The molecule has 1 aromatic rings. The molecule has 1 fully saturated rings. The fourth-order valence-corrected chi connectivity index (χ4v) is 2.43. The minimum atomic E-state index is -0.348. The Balaban J connectivity index is 1.93. The minimum absolute atomic E-state index is 0.0174. The highest BCUT2D eigenvalue weighted by Gasteiger charge is 2.31. The van der Waals surface area contributed by atoms with Gasteiger partial charge >= 0.3 is 0 Å². The Morgan fingerprint density at radius 3 is 2.95 bits per heavy atom. The number of benzene rings is 1. The zero-order chi connectivity index (χ0) is 14.5. The van der Waals surface area contributed by atoms with Crippen LogP contribution in [0.25, 0.3) is 0 Å². The third-order valence-corrected chi connectivity index (χ3v) is 3.58. The van der Waals surface area contributed by atoms with Gasteiger partial charge in [0.05, 0.1) is 13.2 Å². The van der Waals surface area contributed by atoms with E-state index in [0.717, 1.165) is 24.2 Å². The fraction of sp³-hybridized carbons (Fsp3) is 0.533. The highest BCUT2D eigenvalue weighted by molar-refractivity contribution is 5.81. The van der Waals surface area contributed by atoms with Crippen LogP contribution >= 0.6 is 0 Å². The number of methoxy groups -OCH3 is 1. The molecule has 1 aromatic carbocycles. The monoisotopic (exact) mass is 278 g/mol. The van der Waals surface area contributed by atoms with Crippen molar-refractivity contribution in [2.75, 3.05) is 20.7 Å². The fourth-order valence-electron chi connectivity index (χ4n) is 2.43. The van der Waals surface area contributed by atoms with Gasteiger partial charge in [-0.15, -0.1) is 0 Å². The number of rotatable bonds is 5. The maximum Gasteiger partial charge on any atom is 0.251 e. The van der Waals surface area contributed by atoms with Gasteiger partial charge in [-0.05, 0) is 30.5 Å². The number of nitrogens with two attached hydrogens (primary N) is 1. The van der Waals surface area contributed by atoms with Crippen molar-refractivity contribution >= 4 is 5.91 Å². The van der Waals surface area contributed by atoms with Crippen LogP contribution in [0, 0.1) is 0 Å². The molecule has 1 amide bonds. The molecule has 0 saturated carbocycles. The Hall–Kier alpha value is -1.59. The second kappa shape index (κ2) is 6.72. The summed E-state index contributed by atoms with van der Waals surface area (Å²) < 4.78 is 10.8. The molecule has 0 radical (unpaired) electrons. The van der Waals surface area contributed by atoms with Gasteiger partial charge in [-0.2, -0.15) is 0 Å². The largest absolute Gasteiger partial charge is 0.497 e. The molecule has 2 atom stereocenters.